The summed E-state index contributed by atoms with van der Waals surface area (Å²) in [5, 5.41) is 3.58. The van der Waals surface area contributed by atoms with Crippen LogP contribution in [-0.2, 0) is 10.8 Å². The zero-order chi connectivity index (χ0) is 12.8. The molecule has 0 amide bonds. The van der Waals surface area contributed by atoms with Gasteiger partial charge in [-0.05, 0) is 45.3 Å². The van der Waals surface area contributed by atoms with Crippen LogP contribution in [0.1, 0.15) is 33.6 Å². The van der Waals surface area contributed by atoms with Crippen molar-refractivity contribution in [2.24, 2.45) is 5.92 Å². The fourth-order valence-electron chi connectivity index (χ4n) is 2.78. The maximum atomic E-state index is 11.1. The van der Waals surface area contributed by atoms with E-state index < -0.39 is 10.8 Å². The van der Waals surface area contributed by atoms with Crippen molar-refractivity contribution in [2.45, 2.75) is 45.7 Å². The topological polar surface area (TPSA) is 32.3 Å². The van der Waals surface area contributed by atoms with Gasteiger partial charge < -0.3 is 10.2 Å². The van der Waals surface area contributed by atoms with E-state index in [9.17, 15) is 4.21 Å². The SMILES string of the molecule is CCNC1CCN(CCCS(C)=O)C(C)C1C. The molecule has 0 bridgehead atoms. The van der Waals surface area contributed by atoms with Crippen LogP contribution in [-0.4, -0.2) is 52.8 Å². The second-order valence-corrected chi connectivity index (χ2v) is 6.77. The van der Waals surface area contributed by atoms with E-state index in [0.717, 1.165) is 25.3 Å². The normalized spacial score (nSPS) is 32.6. The highest BCUT2D eigenvalue weighted by Crippen LogP contribution is 2.23. The molecule has 1 rings (SSSR count). The Bertz CT molecular complexity index is 248. The minimum atomic E-state index is -0.639. The molecule has 1 aliphatic heterocycles. The van der Waals surface area contributed by atoms with Gasteiger partial charge in [0.25, 0.3) is 0 Å². The largest absolute Gasteiger partial charge is 0.314 e. The molecule has 102 valence electrons. The molecule has 0 saturated carbocycles. The van der Waals surface area contributed by atoms with Gasteiger partial charge in [0.1, 0.15) is 0 Å². The molecule has 3 nitrogen and oxygen atoms in total. The van der Waals surface area contributed by atoms with Gasteiger partial charge in [-0.2, -0.15) is 0 Å². The highest BCUT2D eigenvalue weighted by molar-refractivity contribution is 7.84. The van der Waals surface area contributed by atoms with Crippen molar-refractivity contribution in [2.75, 3.05) is 31.6 Å². The molecule has 0 spiro atoms. The van der Waals surface area contributed by atoms with Crippen molar-refractivity contribution in [3.05, 3.63) is 0 Å². The van der Waals surface area contributed by atoms with E-state index in [1.807, 2.05) is 0 Å². The van der Waals surface area contributed by atoms with Gasteiger partial charge in [0, 0.05) is 34.9 Å². The quantitative estimate of drug-likeness (QED) is 0.785. The summed E-state index contributed by atoms with van der Waals surface area (Å²) >= 11 is 0. The van der Waals surface area contributed by atoms with Crippen molar-refractivity contribution in [3.63, 3.8) is 0 Å². The third-order valence-corrected chi connectivity index (χ3v) is 4.91. The van der Waals surface area contributed by atoms with Gasteiger partial charge in [-0.25, -0.2) is 0 Å². The third-order valence-electron chi connectivity index (χ3n) is 4.04. The van der Waals surface area contributed by atoms with E-state index in [4.69, 9.17) is 0 Å². The summed E-state index contributed by atoms with van der Waals surface area (Å²) in [5.74, 6) is 1.55. The van der Waals surface area contributed by atoms with E-state index in [1.54, 1.807) is 6.26 Å². The van der Waals surface area contributed by atoms with Crippen LogP contribution in [0, 0.1) is 5.92 Å². The zero-order valence-corrected chi connectivity index (χ0v) is 12.6. The summed E-state index contributed by atoms with van der Waals surface area (Å²) in [6.45, 7) is 10.2. The van der Waals surface area contributed by atoms with E-state index in [1.165, 1.54) is 13.0 Å². The molecule has 1 fully saturated rings. The Labute approximate surface area is 109 Å². The summed E-state index contributed by atoms with van der Waals surface area (Å²) < 4.78 is 11.1. The van der Waals surface area contributed by atoms with Crippen LogP contribution in [0.5, 0.6) is 0 Å². The van der Waals surface area contributed by atoms with Gasteiger partial charge >= 0.3 is 0 Å². The summed E-state index contributed by atoms with van der Waals surface area (Å²) in [4.78, 5) is 2.56. The Morgan fingerprint density at radius 3 is 2.71 bits per heavy atom. The van der Waals surface area contributed by atoms with Gasteiger partial charge in [0.15, 0.2) is 0 Å². The number of nitrogens with zero attached hydrogens (tertiary/aromatic N) is 1. The minimum absolute atomic E-state index is 0.637. The predicted octanol–water partition coefficient (Wildman–Crippen LogP) is 1.46. The second-order valence-electron chi connectivity index (χ2n) is 5.22. The van der Waals surface area contributed by atoms with Gasteiger partial charge in [0.2, 0.25) is 0 Å². The van der Waals surface area contributed by atoms with Crippen LogP contribution >= 0.6 is 0 Å². The van der Waals surface area contributed by atoms with Crippen LogP contribution < -0.4 is 5.32 Å². The maximum Gasteiger partial charge on any atom is 0.0244 e. The zero-order valence-electron chi connectivity index (χ0n) is 11.7. The average Bonchev–Trinajstić information content (AvgIpc) is 2.28. The number of piperidine rings is 1. The molecule has 0 aliphatic carbocycles. The predicted molar refractivity (Wildman–Crippen MR) is 75.8 cm³/mol. The molecule has 4 atom stereocenters. The number of rotatable bonds is 6. The lowest BCUT2D eigenvalue weighted by atomic mass is 9.87. The Hall–Kier alpha value is 0.0700. The smallest absolute Gasteiger partial charge is 0.0244 e. The van der Waals surface area contributed by atoms with Crippen LogP contribution in [0.15, 0.2) is 0 Å². The molecular weight excluding hydrogens is 232 g/mol. The molecule has 0 aromatic heterocycles. The van der Waals surface area contributed by atoms with Gasteiger partial charge in [0.05, 0.1) is 0 Å². The molecular formula is C13H28N2OS. The molecule has 1 N–H and O–H groups in total. The first-order chi connectivity index (χ1) is 8.06. The maximum absolute atomic E-state index is 11.1. The first kappa shape index (κ1) is 15.1. The van der Waals surface area contributed by atoms with Gasteiger partial charge in [-0.15, -0.1) is 0 Å². The van der Waals surface area contributed by atoms with Gasteiger partial charge in [-0.3, -0.25) is 4.21 Å². The van der Waals surface area contributed by atoms with Crippen molar-refractivity contribution >= 4 is 10.8 Å². The van der Waals surface area contributed by atoms with Crippen LogP contribution in [0.2, 0.25) is 0 Å². The van der Waals surface area contributed by atoms with E-state index in [-0.39, 0.29) is 0 Å². The van der Waals surface area contributed by atoms with Gasteiger partial charge in [-0.1, -0.05) is 13.8 Å². The molecule has 17 heavy (non-hydrogen) atoms. The lowest BCUT2D eigenvalue weighted by Crippen LogP contribution is -2.53. The first-order valence-electron chi connectivity index (χ1n) is 6.83. The number of hydrogen-bond donors (Lipinski definition) is 1. The number of nitrogens with one attached hydrogen (secondary N) is 1. The second kappa shape index (κ2) is 7.49. The molecule has 4 heteroatoms. The van der Waals surface area contributed by atoms with E-state index in [0.29, 0.717) is 18.0 Å². The van der Waals surface area contributed by atoms with Crippen molar-refractivity contribution in [1.29, 1.82) is 0 Å². The van der Waals surface area contributed by atoms with Crippen molar-refractivity contribution < 1.29 is 4.21 Å². The van der Waals surface area contributed by atoms with Crippen LogP contribution in [0.4, 0.5) is 0 Å². The van der Waals surface area contributed by atoms with Crippen molar-refractivity contribution in [1.82, 2.24) is 10.2 Å². The van der Waals surface area contributed by atoms with Crippen LogP contribution in [0.3, 0.4) is 0 Å². The molecule has 4 unspecified atom stereocenters. The van der Waals surface area contributed by atoms with Crippen molar-refractivity contribution in [3.8, 4) is 0 Å². The fraction of sp³-hybridized carbons (Fsp3) is 1.00. The Balaban J connectivity index is 2.36. The average molecular weight is 260 g/mol. The van der Waals surface area contributed by atoms with E-state index >= 15 is 0 Å². The van der Waals surface area contributed by atoms with Crippen LogP contribution in [0.25, 0.3) is 0 Å². The summed E-state index contributed by atoms with van der Waals surface area (Å²) in [6.07, 6.45) is 4.10. The lowest BCUT2D eigenvalue weighted by Gasteiger charge is -2.43. The number of likely N-dealkylation sites (tertiary alicyclic amines) is 1. The standard InChI is InChI=1S/C13H28N2OS/c1-5-14-13-7-9-15(12(3)11(13)2)8-6-10-17(4)16/h11-14H,5-10H2,1-4H3. The fourth-order valence-corrected chi connectivity index (χ4v) is 3.31. The third kappa shape index (κ3) is 4.68. The highest BCUT2D eigenvalue weighted by atomic mass is 32.2. The molecule has 0 aromatic rings. The molecule has 1 heterocycles. The Morgan fingerprint density at radius 1 is 1.41 bits per heavy atom. The summed E-state index contributed by atoms with van der Waals surface area (Å²) in [6, 6.07) is 1.31. The van der Waals surface area contributed by atoms with E-state index in [2.05, 4.69) is 31.0 Å². The Kier molecular flexibility index (Phi) is 6.67. The Morgan fingerprint density at radius 2 is 2.12 bits per heavy atom. The minimum Gasteiger partial charge on any atom is -0.314 e. The molecule has 0 aromatic carbocycles. The summed E-state index contributed by atoms with van der Waals surface area (Å²) in [7, 11) is -0.639. The molecule has 1 saturated heterocycles. The highest BCUT2D eigenvalue weighted by Gasteiger charge is 2.31. The monoisotopic (exact) mass is 260 g/mol. The lowest BCUT2D eigenvalue weighted by molar-refractivity contribution is 0.0860. The summed E-state index contributed by atoms with van der Waals surface area (Å²) in [5.41, 5.74) is 0. The number of hydrogen-bond acceptors (Lipinski definition) is 3. The molecule has 1 aliphatic rings. The molecule has 0 radical (unpaired) electrons. The first-order valence-corrected chi connectivity index (χ1v) is 8.56.